The fourth-order valence-corrected chi connectivity index (χ4v) is 2.26. The van der Waals surface area contributed by atoms with Crippen LogP contribution < -0.4 is 0 Å². The van der Waals surface area contributed by atoms with Gasteiger partial charge in [-0.2, -0.15) is 5.10 Å². The molecular weight excluding hydrogens is 274 g/mol. The van der Waals surface area contributed by atoms with Gasteiger partial charge in [0.1, 0.15) is 5.69 Å². The number of rotatable bonds is 2. The van der Waals surface area contributed by atoms with E-state index in [-0.39, 0.29) is 11.9 Å². The van der Waals surface area contributed by atoms with E-state index in [0.717, 1.165) is 5.33 Å². The summed E-state index contributed by atoms with van der Waals surface area (Å²) in [6.45, 7) is 1.82. The molecule has 0 aromatic carbocycles. The molecule has 0 aliphatic carbocycles. The quantitative estimate of drug-likeness (QED) is 0.751. The van der Waals surface area contributed by atoms with Crippen molar-refractivity contribution in [3.05, 3.63) is 18.0 Å². The van der Waals surface area contributed by atoms with Crippen LogP contribution in [0.3, 0.4) is 0 Å². The van der Waals surface area contributed by atoms with Gasteiger partial charge in [0, 0.05) is 25.1 Å². The SMILES string of the molecule is Cn1ccc(C(=O)N2CCOCC2CBr)n1. The van der Waals surface area contributed by atoms with E-state index in [4.69, 9.17) is 4.74 Å². The van der Waals surface area contributed by atoms with Gasteiger partial charge >= 0.3 is 0 Å². The average molecular weight is 288 g/mol. The fourth-order valence-electron chi connectivity index (χ4n) is 1.73. The van der Waals surface area contributed by atoms with Crippen molar-refractivity contribution >= 4 is 21.8 Å². The van der Waals surface area contributed by atoms with E-state index < -0.39 is 0 Å². The molecule has 6 heteroatoms. The van der Waals surface area contributed by atoms with Crippen molar-refractivity contribution in [1.82, 2.24) is 14.7 Å². The van der Waals surface area contributed by atoms with Crippen LogP contribution in [-0.2, 0) is 11.8 Å². The normalized spacial score (nSPS) is 21.1. The molecule has 0 spiro atoms. The Morgan fingerprint density at radius 3 is 3.19 bits per heavy atom. The summed E-state index contributed by atoms with van der Waals surface area (Å²) in [6.07, 6.45) is 1.77. The molecule has 5 nitrogen and oxygen atoms in total. The van der Waals surface area contributed by atoms with Gasteiger partial charge in [-0.1, -0.05) is 15.9 Å². The first-order chi connectivity index (χ1) is 7.72. The lowest BCUT2D eigenvalue weighted by atomic mass is 10.2. The van der Waals surface area contributed by atoms with Crippen LogP contribution in [0.15, 0.2) is 12.3 Å². The highest BCUT2D eigenvalue weighted by Crippen LogP contribution is 2.13. The van der Waals surface area contributed by atoms with E-state index in [1.165, 1.54) is 0 Å². The number of ether oxygens (including phenoxy) is 1. The predicted octanol–water partition coefficient (Wildman–Crippen LogP) is 0.656. The largest absolute Gasteiger partial charge is 0.377 e. The molecule has 88 valence electrons. The predicted molar refractivity (Wildman–Crippen MR) is 62.6 cm³/mol. The van der Waals surface area contributed by atoms with Gasteiger partial charge in [0.15, 0.2) is 0 Å². The summed E-state index contributed by atoms with van der Waals surface area (Å²) in [5.41, 5.74) is 0.496. The molecule has 2 rings (SSSR count). The molecule has 1 fully saturated rings. The van der Waals surface area contributed by atoms with Gasteiger partial charge in [0.2, 0.25) is 0 Å². The molecule has 1 aromatic heterocycles. The second-order valence-corrected chi connectivity index (χ2v) is 4.40. The third kappa shape index (κ3) is 2.27. The number of morpholine rings is 1. The zero-order valence-corrected chi connectivity index (χ0v) is 10.7. The number of carbonyl (C=O) groups excluding carboxylic acids is 1. The van der Waals surface area contributed by atoms with E-state index in [1.807, 2.05) is 4.90 Å². The summed E-state index contributed by atoms with van der Waals surface area (Å²) < 4.78 is 6.98. The van der Waals surface area contributed by atoms with E-state index in [0.29, 0.717) is 25.5 Å². The third-order valence-corrected chi connectivity index (χ3v) is 3.35. The smallest absolute Gasteiger partial charge is 0.274 e. The van der Waals surface area contributed by atoms with Crippen LogP contribution in [-0.4, -0.2) is 51.7 Å². The van der Waals surface area contributed by atoms with Crippen LogP contribution in [0.25, 0.3) is 0 Å². The summed E-state index contributed by atoms with van der Waals surface area (Å²) in [5, 5.41) is 4.85. The molecule has 0 N–H and O–H groups in total. The van der Waals surface area contributed by atoms with Crippen molar-refractivity contribution in [2.24, 2.45) is 7.05 Å². The lowest BCUT2D eigenvalue weighted by molar-refractivity contribution is 0.00488. The number of aryl methyl sites for hydroxylation is 1. The van der Waals surface area contributed by atoms with Gasteiger partial charge in [-0.3, -0.25) is 9.48 Å². The molecule has 0 saturated carbocycles. The Hall–Kier alpha value is -0.880. The van der Waals surface area contributed by atoms with Crippen LogP contribution in [0.1, 0.15) is 10.5 Å². The van der Waals surface area contributed by atoms with Gasteiger partial charge in [0.05, 0.1) is 19.3 Å². The summed E-state index contributed by atoms with van der Waals surface area (Å²) in [7, 11) is 1.80. The minimum atomic E-state index is -0.0200. The van der Waals surface area contributed by atoms with Crippen molar-refractivity contribution in [1.29, 1.82) is 0 Å². The highest BCUT2D eigenvalue weighted by molar-refractivity contribution is 9.09. The molecule has 1 saturated heterocycles. The summed E-state index contributed by atoms with van der Waals surface area (Å²) in [5.74, 6) is -0.0200. The standard InChI is InChI=1S/C10H14BrN3O2/c1-13-3-2-9(12-13)10(15)14-4-5-16-7-8(14)6-11/h2-3,8H,4-7H2,1H3. The maximum atomic E-state index is 12.2. The van der Waals surface area contributed by atoms with Crippen molar-refractivity contribution in [3.63, 3.8) is 0 Å². The Kier molecular flexibility index (Phi) is 3.60. The van der Waals surface area contributed by atoms with E-state index in [9.17, 15) is 4.79 Å². The van der Waals surface area contributed by atoms with Gasteiger partial charge in [-0.15, -0.1) is 0 Å². The Morgan fingerprint density at radius 2 is 2.56 bits per heavy atom. The first-order valence-electron chi connectivity index (χ1n) is 5.16. The van der Waals surface area contributed by atoms with Crippen molar-refractivity contribution in [3.8, 4) is 0 Å². The van der Waals surface area contributed by atoms with Crippen LogP contribution >= 0.6 is 15.9 Å². The highest BCUT2D eigenvalue weighted by atomic mass is 79.9. The van der Waals surface area contributed by atoms with Crippen molar-refractivity contribution < 1.29 is 9.53 Å². The molecule has 1 amide bonds. The number of halogens is 1. The maximum Gasteiger partial charge on any atom is 0.274 e. The number of carbonyl (C=O) groups is 1. The van der Waals surface area contributed by atoms with Crippen molar-refractivity contribution in [2.75, 3.05) is 25.1 Å². The number of hydrogen-bond donors (Lipinski definition) is 0. The second-order valence-electron chi connectivity index (χ2n) is 3.76. The number of alkyl halides is 1. The van der Waals surface area contributed by atoms with Crippen molar-refractivity contribution in [2.45, 2.75) is 6.04 Å². The van der Waals surface area contributed by atoms with Crippen LogP contribution in [0.5, 0.6) is 0 Å². The lowest BCUT2D eigenvalue weighted by Gasteiger charge is -2.34. The van der Waals surface area contributed by atoms with E-state index >= 15 is 0 Å². The molecule has 1 aliphatic heterocycles. The topological polar surface area (TPSA) is 47.4 Å². The molecule has 1 aliphatic rings. The summed E-state index contributed by atoms with van der Waals surface area (Å²) >= 11 is 3.40. The third-order valence-electron chi connectivity index (χ3n) is 2.60. The minimum Gasteiger partial charge on any atom is -0.377 e. The Morgan fingerprint density at radius 1 is 1.75 bits per heavy atom. The molecule has 0 bridgehead atoms. The molecule has 1 unspecified atom stereocenters. The van der Waals surface area contributed by atoms with Crippen LogP contribution in [0.4, 0.5) is 0 Å². The highest BCUT2D eigenvalue weighted by Gasteiger charge is 2.28. The fraction of sp³-hybridized carbons (Fsp3) is 0.600. The number of aromatic nitrogens is 2. The Bertz CT molecular complexity index is 380. The molecule has 1 aromatic rings. The van der Waals surface area contributed by atoms with Gasteiger partial charge in [-0.25, -0.2) is 0 Å². The maximum absolute atomic E-state index is 12.2. The van der Waals surface area contributed by atoms with Gasteiger partial charge in [0.25, 0.3) is 5.91 Å². The number of nitrogens with zero attached hydrogens (tertiary/aromatic N) is 3. The molecular formula is C10H14BrN3O2. The minimum absolute atomic E-state index is 0.0200. The zero-order valence-electron chi connectivity index (χ0n) is 9.10. The summed E-state index contributed by atoms with van der Waals surface area (Å²) in [6, 6.07) is 1.84. The molecule has 1 atom stereocenters. The molecule has 16 heavy (non-hydrogen) atoms. The van der Waals surface area contributed by atoms with E-state index in [2.05, 4.69) is 21.0 Å². The number of hydrogen-bond acceptors (Lipinski definition) is 3. The second kappa shape index (κ2) is 4.97. The Balaban J connectivity index is 2.13. The lowest BCUT2D eigenvalue weighted by Crippen LogP contribution is -2.49. The van der Waals surface area contributed by atoms with Gasteiger partial charge in [-0.05, 0) is 6.07 Å². The van der Waals surface area contributed by atoms with E-state index in [1.54, 1.807) is 24.0 Å². The molecule has 2 heterocycles. The summed E-state index contributed by atoms with van der Waals surface area (Å²) in [4.78, 5) is 14.0. The van der Waals surface area contributed by atoms with Crippen LogP contribution in [0.2, 0.25) is 0 Å². The van der Waals surface area contributed by atoms with Crippen LogP contribution in [0, 0.1) is 0 Å². The van der Waals surface area contributed by atoms with Gasteiger partial charge < -0.3 is 9.64 Å². The monoisotopic (exact) mass is 287 g/mol. The average Bonchev–Trinajstić information content (AvgIpc) is 2.75. The Labute approximate surface area is 102 Å². The number of amides is 1. The first kappa shape index (κ1) is 11.6. The molecule has 0 radical (unpaired) electrons. The first-order valence-corrected chi connectivity index (χ1v) is 6.29. The zero-order chi connectivity index (χ0) is 11.5.